The molecule has 1 aliphatic carbocycles. The SMILES string of the molecule is Cc1nnc(NC(=O)N(Cc2cccc(O)c2)C2CC2)s1. The van der Waals surface area contributed by atoms with Crippen molar-refractivity contribution in [1.82, 2.24) is 15.1 Å². The van der Waals surface area contributed by atoms with E-state index in [9.17, 15) is 9.90 Å². The minimum atomic E-state index is -0.169. The molecule has 1 fully saturated rings. The van der Waals surface area contributed by atoms with E-state index in [-0.39, 0.29) is 17.8 Å². The number of aromatic hydroxyl groups is 1. The highest BCUT2D eigenvalue weighted by atomic mass is 32.1. The third kappa shape index (κ3) is 3.49. The van der Waals surface area contributed by atoms with Crippen LogP contribution in [-0.4, -0.2) is 32.3 Å². The Morgan fingerprint density at radius 2 is 2.29 bits per heavy atom. The molecule has 2 amide bonds. The number of carbonyl (C=O) groups excluding carboxylic acids is 1. The summed E-state index contributed by atoms with van der Waals surface area (Å²) in [6.07, 6.45) is 2.03. The van der Waals surface area contributed by atoms with Crippen molar-refractivity contribution in [2.24, 2.45) is 0 Å². The van der Waals surface area contributed by atoms with Crippen LogP contribution in [0.1, 0.15) is 23.4 Å². The standard InChI is InChI=1S/C14H16N4O2S/c1-9-16-17-13(21-9)15-14(20)18(11-5-6-11)8-10-3-2-4-12(19)7-10/h2-4,7,11,19H,5-6,8H2,1H3,(H,15,17,20). The van der Waals surface area contributed by atoms with Gasteiger partial charge in [-0.1, -0.05) is 23.5 Å². The molecule has 0 spiro atoms. The molecule has 21 heavy (non-hydrogen) atoms. The number of phenolic OH excluding ortho intramolecular Hbond substituents is 1. The molecule has 0 bridgehead atoms. The zero-order valence-corrected chi connectivity index (χ0v) is 12.4. The van der Waals surface area contributed by atoms with Crippen molar-refractivity contribution in [1.29, 1.82) is 0 Å². The van der Waals surface area contributed by atoms with Gasteiger partial charge in [-0.05, 0) is 37.5 Å². The van der Waals surface area contributed by atoms with E-state index in [1.54, 1.807) is 23.1 Å². The number of phenols is 1. The molecule has 2 aromatic rings. The third-order valence-electron chi connectivity index (χ3n) is 3.25. The molecule has 7 heteroatoms. The van der Waals surface area contributed by atoms with Crippen molar-refractivity contribution < 1.29 is 9.90 Å². The lowest BCUT2D eigenvalue weighted by Crippen LogP contribution is -2.36. The molecule has 1 aromatic carbocycles. The fraction of sp³-hybridized carbons (Fsp3) is 0.357. The van der Waals surface area contributed by atoms with Gasteiger partial charge in [-0.3, -0.25) is 5.32 Å². The van der Waals surface area contributed by atoms with Crippen LogP contribution < -0.4 is 5.32 Å². The van der Waals surface area contributed by atoms with Crippen molar-refractivity contribution >= 4 is 22.5 Å². The Hall–Kier alpha value is -2.15. The summed E-state index contributed by atoms with van der Waals surface area (Å²) < 4.78 is 0. The number of aromatic nitrogens is 2. The predicted octanol–water partition coefficient (Wildman–Crippen LogP) is 2.75. The van der Waals surface area contributed by atoms with Gasteiger partial charge in [-0.15, -0.1) is 10.2 Å². The van der Waals surface area contributed by atoms with E-state index >= 15 is 0 Å². The maximum Gasteiger partial charge on any atom is 0.324 e. The largest absolute Gasteiger partial charge is 0.508 e. The number of carbonyl (C=O) groups is 1. The van der Waals surface area contributed by atoms with Gasteiger partial charge in [0.25, 0.3) is 0 Å². The van der Waals surface area contributed by atoms with Gasteiger partial charge >= 0.3 is 6.03 Å². The number of urea groups is 1. The number of aryl methyl sites for hydroxylation is 1. The van der Waals surface area contributed by atoms with Crippen molar-refractivity contribution in [3.05, 3.63) is 34.8 Å². The van der Waals surface area contributed by atoms with Gasteiger partial charge in [0.2, 0.25) is 5.13 Å². The third-order valence-corrected chi connectivity index (χ3v) is 4.01. The lowest BCUT2D eigenvalue weighted by atomic mass is 10.2. The summed E-state index contributed by atoms with van der Waals surface area (Å²) in [4.78, 5) is 14.2. The van der Waals surface area contributed by atoms with Crippen LogP contribution in [0.25, 0.3) is 0 Å². The second-order valence-electron chi connectivity index (χ2n) is 5.09. The van der Waals surface area contributed by atoms with Crippen LogP contribution in [0.5, 0.6) is 5.75 Å². The summed E-state index contributed by atoms with van der Waals surface area (Å²) in [5.74, 6) is 0.211. The first-order valence-electron chi connectivity index (χ1n) is 6.77. The van der Waals surface area contributed by atoms with Crippen LogP contribution in [0.2, 0.25) is 0 Å². The van der Waals surface area contributed by atoms with E-state index in [0.717, 1.165) is 23.4 Å². The monoisotopic (exact) mass is 304 g/mol. The van der Waals surface area contributed by atoms with Gasteiger partial charge in [0.1, 0.15) is 10.8 Å². The molecule has 6 nitrogen and oxygen atoms in total. The summed E-state index contributed by atoms with van der Waals surface area (Å²) in [5, 5.41) is 21.4. The van der Waals surface area contributed by atoms with Crippen molar-refractivity contribution in [3.8, 4) is 5.75 Å². The highest BCUT2D eigenvalue weighted by molar-refractivity contribution is 7.15. The Bertz CT molecular complexity index is 654. The Labute approximate surface area is 126 Å². The number of amides is 2. The lowest BCUT2D eigenvalue weighted by Gasteiger charge is -2.22. The number of hydrogen-bond acceptors (Lipinski definition) is 5. The zero-order valence-electron chi connectivity index (χ0n) is 11.6. The minimum absolute atomic E-state index is 0.169. The molecular formula is C14H16N4O2S. The first kappa shape index (κ1) is 13.8. The van der Waals surface area contributed by atoms with Crippen LogP contribution >= 0.6 is 11.3 Å². The van der Waals surface area contributed by atoms with E-state index in [4.69, 9.17) is 0 Å². The van der Waals surface area contributed by atoms with Crippen LogP contribution in [0, 0.1) is 6.92 Å². The Kier molecular flexibility index (Phi) is 3.74. The van der Waals surface area contributed by atoms with Crippen molar-refractivity contribution in [3.63, 3.8) is 0 Å². The van der Waals surface area contributed by atoms with E-state index in [0.29, 0.717) is 11.7 Å². The van der Waals surface area contributed by atoms with Crippen LogP contribution in [0.3, 0.4) is 0 Å². The van der Waals surface area contributed by atoms with Crippen LogP contribution in [0.15, 0.2) is 24.3 Å². The number of nitrogens with zero attached hydrogens (tertiary/aromatic N) is 3. The number of nitrogens with one attached hydrogen (secondary N) is 1. The summed E-state index contributed by atoms with van der Waals surface area (Å²) >= 11 is 1.35. The average Bonchev–Trinajstić information content (AvgIpc) is 3.20. The molecule has 0 unspecified atom stereocenters. The zero-order chi connectivity index (χ0) is 14.8. The number of rotatable bonds is 4. The van der Waals surface area contributed by atoms with Gasteiger partial charge in [0.15, 0.2) is 0 Å². The van der Waals surface area contributed by atoms with E-state index < -0.39 is 0 Å². The van der Waals surface area contributed by atoms with Gasteiger partial charge in [0.05, 0.1) is 0 Å². The fourth-order valence-electron chi connectivity index (χ4n) is 2.11. The fourth-order valence-corrected chi connectivity index (χ4v) is 2.70. The van der Waals surface area contributed by atoms with Gasteiger partial charge in [-0.25, -0.2) is 4.79 Å². The molecule has 0 aliphatic heterocycles. The van der Waals surface area contributed by atoms with Crippen molar-refractivity contribution in [2.75, 3.05) is 5.32 Å². The van der Waals surface area contributed by atoms with E-state index in [2.05, 4.69) is 15.5 Å². The molecule has 1 aromatic heterocycles. The summed E-state index contributed by atoms with van der Waals surface area (Å²) in [5.41, 5.74) is 0.908. The lowest BCUT2D eigenvalue weighted by molar-refractivity contribution is 0.206. The second-order valence-corrected chi connectivity index (χ2v) is 6.27. The Morgan fingerprint density at radius 3 is 2.90 bits per heavy atom. The highest BCUT2D eigenvalue weighted by Crippen LogP contribution is 2.29. The smallest absolute Gasteiger partial charge is 0.324 e. The molecular weight excluding hydrogens is 288 g/mol. The topological polar surface area (TPSA) is 78.4 Å². The number of benzene rings is 1. The quantitative estimate of drug-likeness (QED) is 0.910. The highest BCUT2D eigenvalue weighted by Gasteiger charge is 2.33. The summed E-state index contributed by atoms with van der Waals surface area (Å²) in [6, 6.07) is 7.07. The maximum absolute atomic E-state index is 12.4. The second kappa shape index (κ2) is 5.69. The molecule has 0 atom stereocenters. The first-order chi connectivity index (χ1) is 10.1. The molecule has 1 saturated carbocycles. The molecule has 1 heterocycles. The summed E-state index contributed by atoms with van der Waals surface area (Å²) in [6.45, 7) is 2.32. The van der Waals surface area contributed by atoms with Gasteiger partial charge in [-0.2, -0.15) is 0 Å². The molecule has 2 N–H and O–H groups in total. The van der Waals surface area contributed by atoms with Crippen LogP contribution in [-0.2, 0) is 6.54 Å². The Morgan fingerprint density at radius 1 is 1.48 bits per heavy atom. The molecule has 0 saturated heterocycles. The van der Waals surface area contributed by atoms with Crippen LogP contribution in [0.4, 0.5) is 9.93 Å². The summed E-state index contributed by atoms with van der Waals surface area (Å²) in [7, 11) is 0. The normalized spacial score (nSPS) is 14.0. The van der Waals surface area contributed by atoms with Gasteiger partial charge < -0.3 is 10.0 Å². The van der Waals surface area contributed by atoms with Crippen molar-refractivity contribution in [2.45, 2.75) is 32.4 Å². The minimum Gasteiger partial charge on any atom is -0.508 e. The molecule has 0 radical (unpaired) electrons. The Balaban J connectivity index is 1.70. The molecule has 1 aliphatic rings. The van der Waals surface area contributed by atoms with E-state index in [1.807, 2.05) is 13.0 Å². The number of hydrogen-bond donors (Lipinski definition) is 2. The average molecular weight is 304 g/mol. The molecule has 110 valence electrons. The first-order valence-corrected chi connectivity index (χ1v) is 7.59. The van der Waals surface area contributed by atoms with E-state index in [1.165, 1.54) is 11.3 Å². The molecule has 3 rings (SSSR count). The maximum atomic E-state index is 12.4. The predicted molar refractivity (Wildman–Crippen MR) is 80.3 cm³/mol. The van der Waals surface area contributed by atoms with Gasteiger partial charge in [0, 0.05) is 12.6 Å². The number of anilines is 1.